The van der Waals surface area contributed by atoms with Crippen LogP contribution in [0.4, 0.5) is 0 Å². The molecule has 4 nitrogen and oxygen atoms in total. The van der Waals surface area contributed by atoms with E-state index < -0.39 is 0 Å². The van der Waals surface area contributed by atoms with Crippen LogP contribution in [-0.4, -0.2) is 32.4 Å². The highest BCUT2D eigenvalue weighted by Gasteiger charge is 2.28. The number of imidazole rings is 1. The summed E-state index contributed by atoms with van der Waals surface area (Å²) >= 11 is 0. The van der Waals surface area contributed by atoms with E-state index in [-0.39, 0.29) is 0 Å². The molecule has 0 radical (unpaired) electrons. The van der Waals surface area contributed by atoms with E-state index in [4.69, 9.17) is 4.98 Å². The average Bonchev–Trinajstić information content (AvgIpc) is 3.36. The van der Waals surface area contributed by atoms with Crippen molar-refractivity contribution in [3.8, 4) is 16.9 Å². The van der Waals surface area contributed by atoms with Crippen LogP contribution in [0.2, 0.25) is 0 Å². The van der Waals surface area contributed by atoms with Crippen LogP contribution in [0.5, 0.6) is 0 Å². The van der Waals surface area contributed by atoms with Gasteiger partial charge in [0.2, 0.25) is 0 Å². The molecule has 0 saturated carbocycles. The summed E-state index contributed by atoms with van der Waals surface area (Å²) in [4.78, 5) is 7.21. The minimum absolute atomic E-state index is 0.388. The third kappa shape index (κ3) is 2.54. The number of hydrogen-bond acceptors (Lipinski definition) is 2. The van der Waals surface area contributed by atoms with Crippen LogP contribution in [0.15, 0.2) is 79.1 Å². The van der Waals surface area contributed by atoms with E-state index in [2.05, 4.69) is 82.6 Å². The van der Waals surface area contributed by atoms with Crippen molar-refractivity contribution in [1.82, 2.24) is 18.9 Å². The molecule has 2 aromatic carbocycles. The van der Waals surface area contributed by atoms with Crippen LogP contribution in [0.3, 0.4) is 0 Å². The van der Waals surface area contributed by atoms with Crippen LogP contribution >= 0.6 is 0 Å². The highest BCUT2D eigenvalue weighted by atomic mass is 15.2. The standard InChI is InChI=1S/C26H24N4/c1-18-26-22(14-16-28(18)2)21-7-3-4-8-24(21)30(26)20-12-10-19(11-13-20)23-17-29-15-6-5-9-25(29)27-23/h3-13,15,17-18H,14,16H2,1-2H3. The van der Waals surface area contributed by atoms with Gasteiger partial charge in [0.25, 0.3) is 0 Å². The molecule has 5 aromatic rings. The van der Waals surface area contributed by atoms with E-state index in [0.717, 1.165) is 29.9 Å². The van der Waals surface area contributed by atoms with Gasteiger partial charge >= 0.3 is 0 Å². The van der Waals surface area contributed by atoms with E-state index >= 15 is 0 Å². The number of pyridine rings is 1. The molecule has 4 heteroatoms. The lowest BCUT2D eigenvalue weighted by molar-refractivity contribution is 0.241. The van der Waals surface area contributed by atoms with Crippen LogP contribution in [0.1, 0.15) is 24.2 Å². The van der Waals surface area contributed by atoms with Crippen molar-refractivity contribution in [2.24, 2.45) is 0 Å². The topological polar surface area (TPSA) is 25.5 Å². The first-order chi connectivity index (χ1) is 14.7. The molecule has 1 atom stereocenters. The normalized spacial score (nSPS) is 16.9. The summed E-state index contributed by atoms with van der Waals surface area (Å²) in [6.07, 6.45) is 5.23. The fourth-order valence-electron chi connectivity index (χ4n) is 4.85. The quantitative estimate of drug-likeness (QED) is 0.397. The van der Waals surface area contributed by atoms with Gasteiger partial charge in [-0.15, -0.1) is 0 Å². The molecule has 148 valence electrons. The predicted octanol–water partition coefficient (Wildman–Crippen LogP) is 5.49. The third-order valence-electron chi connectivity index (χ3n) is 6.58. The molecule has 0 bridgehead atoms. The second kappa shape index (κ2) is 6.57. The Labute approximate surface area is 176 Å². The molecular weight excluding hydrogens is 368 g/mol. The molecule has 0 saturated heterocycles. The largest absolute Gasteiger partial charge is 0.312 e. The van der Waals surface area contributed by atoms with E-state index in [9.17, 15) is 0 Å². The Hall–Kier alpha value is -3.37. The van der Waals surface area contributed by atoms with Crippen LogP contribution in [-0.2, 0) is 6.42 Å². The van der Waals surface area contributed by atoms with Gasteiger partial charge in [-0.05, 0) is 56.3 Å². The summed E-state index contributed by atoms with van der Waals surface area (Å²) in [5, 5.41) is 1.39. The number of aromatic nitrogens is 3. The lowest BCUT2D eigenvalue weighted by Crippen LogP contribution is -2.31. The molecule has 0 spiro atoms. The van der Waals surface area contributed by atoms with Crippen LogP contribution in [0, 0.1) is 0 Å². The average molecular weight is 393 g/mol. The van der Waals surface area contributed by atoms with Crippen molar-refractivity contribution < 1.29 is 0 Å². The molecule has 0 N–H and O–H groups in total. The van der Waals surface area contributed by atoms with Crippen LogP contribution in [0.25, 0.3) is 33.5 Å². The third-order valence-corrected chi connectivity index (χ3v) is 6.58. The number of para-hydroxylation sites is 1. The maximum atomic E-state index is 4.77. The van der Waals surface area contributed by atoms with Gasteiger partial charge < -0.3 is 8.97 Å². The molecule has 4 heterocycles. The number of rotatable bonds is 2. The van der Waals surface area contributed by atoms with Crippen molar-refractivity contribution in [2.45, 2.75) is 19.4 Å². The highest BCUT2D eigenvalue weighted by Crippen LogP contribution is 2.38. The van der Waals surface area contributed by atoms with Crippen molar-refractivity contribution in [1.29, 1.82) is 0 Å². The first-order valence-electron chi connectivity index (χ1n) is 10.6. The maximum absolute atomic E-state index is 4.77. The van der Waals surface area contributed by atoms with Gasteiger partial charge in [-0.25, -0.2) is 4.98 Å². The van der Waals surface area contributed by atoms with Crippen LogP contribution < -0.4 is 0 Å². The fraction of sp³-hybridized carbons (Fsp3) is 0.192. The van der Waals surface area contributed by atoms with Gasteiger partial charge in [-0.3, -0.25) is 4.90 Å². The molecule has 0 amide bonds. The Morgan fingerprint density at radius 3 is 2.57 bits per heavy atom. The van der Waals surface area contributed by atoms with Gasteiger partial charge in [0.1, 0.15) is 5.65 Å². The molecule has 3 aromatic heterocycles. The Bertz CT molecular complexity index is 1340. The first kappa shape index (κ1) is 17.5. The van der Waals surface area contributed by atoms with E-state index in [0.29, 0.717) is 6.04 Å². The summed E-state index contributed by atoms with van der Waals surface area (Å²) < 4.78 is 4.52. The SMILES string of the molecule is CC1c2c(c3ccccc3n2-c2ccc(-c3cn4ccccc4n3)cc2)CCN1C. The number of benzene rings is 2. The molecule has 0 fully saturated rings. The Kier molecular flexibility index (Phi) is 3.83. The van der Waals surface area contributed by atoms with Gasteiger partial charge in [0, 0.05) is 47.3 Å². The molecule has 1 unspecified atom stereocenters. The second-order valence-corrected chi connectivity index (χ2v) is 8.26. The van der Waals surface area contributed by atoms with Crippen molar-refractivity contribution >= 4 is 16.6 Å². The molecule has 6 rings (SSSR count). The smallest absolute Gasteiger partial charge is 0.137 e. The maximum Gasteiger partial charge on any atom is 0.137 e. The van der Waals surface area contributed by atoms with Crippen molar-refractivity contribution in [3.63, 3.8) is 0 Å². The molecule has 1 aliphatic heterocycles. The minimum atomic E-state index is 0.388. The lowest BCUT2D eigenvalue weighted by Gasteiger charge is -2.31. The van der Waals surface area contributed by atoms with E-state index in [1.165, 1.54) is 27.8 Å². The summed E-state index contributed by atoms with van der Waals surface area (Å²) in [5.41, 5.74) is 8.54. The molecular formula is C26H24N4. The Morgan fingerprint density at radius 2 is 1.73 bits per heavy atom. The highest BCUT2D eigenvalue weighted by molar-refractivity contribution is 5.88. The zero-order valence-corrected chi connectivity index (χ0v) is 17.3. The summed E-state index contributed by atoms with van der Waals surface area (Å²) in [6, 6.07) is 24.1. The summed E-state index contributed by atoms with van der Waals surface area (Å²) in [7, 11) is 2.22. The number of likely N-dealkylation sites (N-methyl/N-ethyl adjacent to an activating group) is 1. The molecule has 1 aliphatic rings. The summed E-state index contributed by atoms with van der Waals surface area (Å²) in [5.74, 6) is 0. The molecule has 0 aliphatic carbocycles. The number of fused-ring (bicyclic) bond motifs is 4. The predicted molar refractivity (Wildman–Crippen MR) is 122 cm³/mol. The second-order valence-electron chi connectivity index (χ2n) is 8.26. The van der Waals surface area contributed by atoms with Gasteiger partial charge in [-0.2, -0.15) is 0 Å². The fourth-order valence-corrected chi connectivity index (χ4v) is 4.85. The monoisotopic (exact) mass is 392 g/mol. The van der Waals surface area contributed by atoms with Crippen molar-refractivity contribution in [3.05, 3.63) is 90.4 Å². The van der Waals surface area contributed by atoms with Gasteiger partial charge in [0.15, 0.2) is 0 Å². The number of hydrogen-bond donors (Lipinski definition) is 0. The minimum Gasteiger partial charge on any atom is -0.312 e. The zero-order valence-electron chi connectivity index (χ0n) is 17.3. The van der Waals surface area contributed by atoms with E-state index in [1.807, 2.05) is 24.4 Å². The zero-order chi connectivity index (χ0) is 20.2. The van der Waals surface area contributed by atoms with E-state index in [1.54, 1.807) is 0 Å². The Balaban J connectivity index is 1.50. The molecule has 30 heavy (non-hydrogen) atoms. The van der Waals surface area contributed by atoms with Gasteiger partial charge in [0.05, 0.1) is 11.2 Å². The number of nitrogens with zero attached hydrogens (tertiary/aromatic N) is 4. The lowest BCUT2D eigenvalue weighted by atomic mass is 9.99. The van der Waals surface area contributed by atoms with Gasteiger partial charge in [-0.1, -0.05) is 36.4 Å². The van der Waals surface area contributed by atoms with Crippen molar-refractivity contribution in [2.75, 3.05) is 13.6 Å². The first-order valence-corrected chi connectivity index (χ1v) is 10.6. The summed E-state index contributed by atoms with van der Waals surface area (Å²) in [6.45, 7) is 3.42. The Morgan fingerprint density at radius 1 is 0.933 bits per heavy atom.